The molecule has 0 fully saturated rings. The molecule has 122 valence electrons. The largest absolute Gasteiger partial charge is 0.486 e. The van der Waals surface area contributed by atoms with Gasteiger partial charge >= 0.3 is 0 Å². The second-order valence-corrected chi connectivity index (χ2v) is 5.67. The van der Waals surface area contributed by atoms with Crippen molar-refractivity contribution in [3.8, 4) is 5.75 Å². The van der Waals surface area contributed by atoms with Crippen LogP contribution in [0.25, 0.3) is 5.65 Å². The first-order valence-electron chi connectivity index (χ1n) is 7.46. The van der Waals surface area contributed by atoms with Gasteiger partial charge in [0.15, 0.2) is 0 Å². The minimum atomic E-state index is -0.563. The van der Waals surface area contributed by atoms with E-state index in [-0.39, 0.29) is 12.2 Å². The molecule has 0 aliphatic carbocycles. The zero-order valence-corrected chi connectivity index (χ0v) is 13.4. The lowest BCUT2D eigenvalue weighted by atomic mass is 10.1. The Labute approximate surface area is 138 Å². The molecule has 0 radical (unpaired) electrons. The second-order valence-electron chi connectivity index (χ2n) is 5.67. The number of carbonyl (C=O) groups is 1. The van der Waals surface area contributed by atoms with Crippen LogP contribution in [0.5, 0.6) is 5.75 Å². The molecule has 1 amide bonds. The van der Waals surface area contributed by atoms with Crippen LogP contribution in [0.1, 0.15) is 27.2 Å². The first kappa shape index (κ1) is 15.7. The average Bonchev–Trinajstić information content (AvgIpc) is 2.53. The monoisotopic (exact) mass is 323 g/mol. The molecule has 0 saturated carbocycles. The molecule has 0 saturated heterocycles. The van der Waals surface area contributed by atoms with E-state index >= 15 is 0 Å². The Balaban J connectivity index is 1.92. The van der Waals surface area contributed by atoms with Crippen molar-refractivity contribution in [1.29, 1.82) is 0 Å². The molecule has 2 aromatic heterocycles. The molecule has 6 heteroatoms. The molecule has 0 atom stereocenters. The lowest BCUT2D eigenvalue weighted by molar-refractivity contribution is 0.0996. The molecule has 0 unspecified atom stereocenters. The summed E-state index contributed by atoms with van der Waals surface area (Å²) in [5.41, 5.74) is 8.43. The van der Waals surface area contributed by atoms with Crippen molar-refractivity contribution in [2.24, 2.45) is 5.73 Å². The minimum Gasteiger partial charge on any atom is -0.486 e. The van der Waals surface area contributed by atoms with Crippen molar-refractivity contribution < 1.29 is 9.53 Å². The first-order chi connectivity index (χ1) is 11.4. The summed E-state index contributed by atoms with van der Waals surface area (Å²) in [5.74, 6) is -0.180. The third-order valence-electron chi connectivity index (χ3n) is 3.64. The summed E-state index contributed by atoms with van der Waals surface area (Å²) in [6.07, 6.45) is 1.74. The van der Waals surface area contributed by atoms with E-state index in [9.17, 15) is 9.59 Å². The maximum Gasteiger partial charge on any atom is 0.258 e. The van der Waals surface area contributed by atoms with Crippen molar-refractivity contribution in [3.63, 3.8) is 0 Å². The molecule has 2 heterocycles. The summed E-state index contributed by atoms with van der Waals surface area (Å²) >= 11 is 0. The number of fused-ring (bicyclic) bond motifs is 1. The molecule has 2 N–H and O–H groups in total. The summed E-state index contributed by atoms with van der Waals surface area (Å²) in [7, 11) is 0. The van der Waals surface area contributed by atoms with Crippen LogP contribution >= 0.6 is 0 Å². The molecular weight excluding hydrogens is 306 g/mol. The lowest BCUT2D eigenvalue weighted by Crippen LogP contribution is -2.17. The minimum absolute atomic E-state index is 0.0728. The van der Waals surface area contributed by atoms with Crippen LogP contribution in [0.4, 0.5) is 0 Å². The summed E-state index contributed by atoms with van der Waals surface area (Å²) in [6.45, 7) is 3.87. The molecule has 0 spiro atoms. The van der Waals surface area contributed by atoms with Gasteiger partial charge in [0.25, 0.3) is 11.5 Å². The van der Waals surface area contributed by atoms with Crippen LogP contribution < -0.4 is 16.0 Å². The summed E-state index contributed by atoms with van der Waals surface area (Å²) in [4.78, 5) is 28.1. The summed E-state index contributed by atoms with van der Waals surface area (Å²) in [6, 6.07) is 10.2. The standard InChI is InChI=1S/C18H17N3O3/c1-11-3-5-14(18(19)23)15(7-11)24-10-13-8-17(22)21-9-12(2)4-6-16(21)20-13/h3-9H,10H2,1-2H3,(H2,19,23). The number of pyridine rings is 1. The second kappa shape index (κ2) is 6.16. The summed E-state index contributed by atoms with van der Waals surface area (Å²) in [5, 5.41) is 0. The highest BCUT2D eigenvalue weighted by Crippen LogP contribution is 2.20. The van der Waals surface area contributed by atoms with E-state index in [0.717, 1.165) is 11.1 Å². The molecular formula is C18H17N3O3. The van der Waals surface area contributed by atoms with E-state index in [1.807, 2.05) is 19.9 Å². The Morgan fingerprint density at radius 3 is 2.67 bits per heavy atom. The van der Waals surface area contributed by atoms with Gasteiger partial charge in [0.2, 0.25) is 0 Å². The van der Waals surface area contributed by atoms with Gasteiger partial charge in [-0.25, -0.2) is 4.98 Å². The van der Waals surface area contributed by atoms with Gasteiger partial charge in [-0.2, -0.15) is 0 Å². The number of aryl methyl sites for hydroxylation is 2. The molecule has 0 aliphatic heterocycles. The number of aromatic nitrogens is 2. The SMILES string of the molecule is Cc1ccc(C(N)=O)c(OCc2cc(=O)n3cc(C)ccc3n2)c1. The van der Waals surface area contributed by atoms with Crippen molar-refractivity contribution in [3.05, 3.63) is 75.3 Å². The Hall–Kier alpha value is -3.15. The predicted molar refractivity (Wildman–Crippen MR) is 90.2 cm³/mol. The number of amides is 1. The Kier molecular flexibility index (Phi) is 4.04. The average molecular weight is 323 g/mol. The van der Waals surface area contributed by atoms with Crippen molar-refractivity contribution >= 4 is 11.6 Å². The molecule has 0 bridgehead atoms. The van der Waals surface area contributed by atoms with Gasteiger partial charge in [0, 0.05) is 12.3 Å². The molecule has 24 heavy (non-hydrogen) atoms. The van der Waals surface area contributed by atoms with E-state index in [1.165, 1.54) is 10.5 Å². The maximum atomic E-state index is 12.2. The van der Waals surface area contributed by atoms with Crippen molar-refractivity contribution in [1.82, 2.24) is 9.38 Å². The number of ether oxygens (including phenoxy) is 1. The first-order valence-corrected chi connectivity index (χ1v) is 7.46. The quantitative estimate of drug-likeness (QED) is 0.795. The van der Waals surface area contributed by atoms with Crippen LogP contribution in [0, 0.1) is 13.8 Å². The van der Waals surface area contributed by atoms with E-state index in [0.29, 0.717) is 22.7 Å². The maximum absolute atomic E-state index is 12.2. The van der Waals surface area contributed by atoms with E-state index in [2.05, 4.69) is 4.98 Å². The van der Waals surface area contributed by atoms with Crippen LogP contribution in [0.3, 0.4) is 0 Å². The zero-order valence-electron chi connectivity index (χ0n) is 13.4. The Bertz CT molecular complexity index is 992. The lowest BCUT2D eigenvalue weighted by Gasteiger charge is -2.11. The highest BCUT2D eigenvalue weighted by Gasteiger charge is 2.11. The van der Waals surface area contributed by atoms with E-state index < -0.39 is 5.91 Å². The topological polar surface area (TPSA) is 86.7 Å². The Morgan fingerprint density at radius 2 is 1.92 bits per heavy atom. The van der Waals surface area contributed by atoms with E-state index in [4.69, 9.17) is 10.5 Å². The van der Waals surface area contributed by atoms with Gasteiger partial charge in [0.05, 0.1) is 11.3 Å². The molecule has 6 nitrogen and oxygen atoms in total. The van der Waals surface area contributed by atoms with Gasteiger partial charge in [-0.15, -0.1) is 0 Å². The van der Waals surface area contributed by atoms with Crippen molar-refractivity contribution in [2.45, 2.75) is 20.5 Å². The fourth-order valence-corrected chi connectivity index (χ4v) is 2.44. The number of hydrogen-bond acceptors (Lipinski definition) is 4. The smallest absolute Gasteiger partial charge is 0.258 e. The molecule has 3 rings (SSSR count). The van der Waals surface area contributed by atoms with Gasteiger partial charge in [-0.1, -0.05) is 12.1 Å². The van der Waals surface area contributed by atoms with Crippen molar-refractivity contribution in [2.75, 3.05) is 0 Å². The number of primary amides is 1. The zero-order chi connectivity index (χ0) is 17.3. The third kappa shape index (κ3) is 3.12. The Morgan fingerprint density at radius 1 is 1.17 bits per heavy atom. The predicted octanol–water partition coefficient (Wildman–Crippen LogP) is 1.99. The van der Waals surface area contributed by atoms with Crippen LogP contribution in [0.2, 0.25) is 0 Å². The van der Waals surface area contributed by atoms with Crippen LogP contribution in [-0.2, 0) is 6.61 Å². The molecule has 3 aromatic rings. The van der Waals surface area contributed by atoms with Gasteiger partial charge in [-0.3, -0.25) is 14.0 Å². The van der Waals surface area contributed by atoms with Crippen LogP contribution in [-0.4, -0.2) is 15.3 Å². The number of hydrogen-bond donors (Lipinski definition) is 1. The summed E-state index contributed by atoms with van der Waals surface area (Å²) < 4.78 is 7.17. The molecule has 0 aliphatic rings. The van der Waals surface area contributed by atoms with Gasteiger partial charge < -0.3 is 10.5 Å². The number of rotatable bonds is 4. The highest BCUT2D eigenvalue weighted by molar-refractivity contribution is 5.95. The van der Waals surface area contributed by atoms with E-state index in [1.54, 1.807) is 30.5 Å². The normalized spacial score (nSPS) is 10.8. The number of nitrogens with zero attached hydrogens (tertiary/aromatic N) is 2. The molecule has 1 aromatic carbocycles. The van der Waals surface area contributed by atoms with Crippen LogP contribution in [0.15, 0.2) is 47.4 Å². The number of nitrogens with two attached hydrogens (primary N) is 1. The number of carbonyl (C=O) groups excluding carboxylic acids is 1. The fourth-order valence-electron chi connectivity index (χ4n) is 2.44. The highest BCUT2D eigenvalue weighted by atomic mass is 16.5. The fraction of sp³-hybridized carbons (Fsp3) is 0.167. The number of benzene rings is 1. The van der Waals surface area contributed by atoms with Gasteiger partial charge in [-0.05, 0) is 43.2 Å². The third-order valence-corrected chi connectivity index (χ3v) is 3.64. The van der Waals surface area contributed by atoms with Gasteiger partial charge in [0.1, 0.15) is 18.0 Å².